The number of H-pyrrole nitrogens is 1. The lowest BCUT2D eigenvalue weighted by atomic mass is 10.1. The molecule has 0 radical (unpaired) electrons. The second-order valence-corrected chi connectivity index (χ2v) is 4.22. The molecule has 0 aromatic carbocycles. The van der Waals surface area contributed by atoms with Gasteiger partial charge < -0.3 is 10.3 Å². The number of anilines is 1. The first kappa shape index (κ1) is 10.9. The van der Waals surface area contributed by atoms with Crippen LogP contribution in [0.2, 0.25) is 0 Å². The van der Waals surface area contributed by atoms with Crippen molar-refractivity contribution in [2.75, 3.05) is 11.9 Å². The summed E-state index contributed by atoms with van der Waals surface area (Å²) in [6, 6.07) is 0. The molecule has 0 unspecified atom stereocenters. The first-order valence-corrected chi connectivity index (χ1v) is 5.98. The van der Waals surface area contributed by atoms with Crippen molar-refractivity contribution in [1.29, 1.82) is 0 Å². The molecule has 0 bridgehead atoms. The van der Waals surface area contributed by atoms with Crippen molar-refractivity contribution >= 4 is 5.82 Å². The van der Waals surface area contributed by atoms with Gasteiger partial charge in [-0.05, 0) is 19.3 Å². The van der Waals surface area contributed by atoms with Crippen molar-refractivity contribution in [1.82, 2.24) is 19.9 Å². The van der Waals surface area contributed by atoms with Gasteiger partial charge in [0.05, 0.1) is 11.9 Å². The van der Waals surface area contributed by atoms with E-state index in [2.05, 4.69) is 25.3 Å². The van der Waals surface area contributed by atoms with Gasteiger partial charge >= 0.3 is 5.69 Å². The van der Waals surface area contributed by atoms with Gasteiger partial charge in [0.15, 0.2) is 0 Å². The summed E-state index contributed by atoms with van der Waals surface area (Å²) in [7, 11) is 0. The molecule has 2 aromatic heterocycles. The fourth-order valence-corrected chi connectivity index (χ4v) is 2.17. The molecule has 2 aromatic rings. The SMILES string of the molecule is O=c1nc2c(c(-c3cnccn3)[nH]1)CCCCN2. The average molecular weight is 243 g/mol. The number of fused-ring (bicyclic) bond motifs is 1. The summed E-state index contributed by atoms with van der Waals surface area (Å²) in [5, 5.41) is 3.20. The number of hydrogen-bond acceptors (Lipinski definition) is 5. The Morgan fingerprint density at radius 1 is 1.22 bits per heavy atom. The van der Waals surface area contributed by atoms with Gasteiger partial charge in [0, 0.05) is 24.5 Å². The predicted octanol–water partition coefficient (Wildman–Crippen LogP) is 0.975. The van der Waals surface area contributed by atoms with E-state index in [-0.39, 0.29) is 5.69 Å². The van der Waals surface area contributed by atoms with Gasteiger partial charge in [-0.25, -0.2) is 4.79 Å². The lowest BCUT2D eigenvalue weighted by Crippen LogP contribution is -2.17. The van der Waals surface area contributed by atoms with Crippen LogP contribution >= 0.6 is 0 Å². The highest BCUT2D eigenvalue weighted by molar-refractivity contribution is 5.64. The molecule has 1 aliphatic heterocycles. The van der Waals surface area contributed by atoms with Crippen LogP contribution in [-0.2, 0) is 6.42 Å². The Morgan fingerprint density at radius 2 is 2.17 bits per heavy atom. The first-order chi connectivity index (χ1) is 8.84. The summed E-state index contributed by atoms with van der Waals surface area (Å²) in [6.45, 7) is 0.851. The summed E-state index contributed by atoms with van der Waals surface area (Å²) in [4.78, 5) is 26.6. The van der Waals surface area contributed by atoms with E-state index in [1.54, 1.807) is 18.6 Å². The van der Waals surface area contributed by atoms with Crippen LogP contribution in [0.3, 0.4) is 0 Å². The van der Waals surface area contributed by atoms with E-state index in [1.807, 2.05) is 0 Å². The number of nitrogens with one attached hydrogen (secondary N) is 2. The highest BCUT2D eigenvalue weighted by Gasteiger charge is 2.16. The molecule has 92 valence electrons. The van der Waals surface area contributed by atoms with Gasteiger partial charge in [-0.3, -0.25) is 9.97 Å². The molecule has 0 amide bonds. The van der Waals surface area contributed by atoms with Crippen LogP contribution in [0.15, 0.2) is 23.4 Å². The predicted molar refractivity (Wildman–Crippen MR) is 67.3 cm³/mol. The van der Waals surface area contributed by atoms with Crippen molar-refractivity contribution in [2.45, 2.75) is 19.3 Å². The molecule has 0 saturated carbocycles. The van der Waals surface area contributed by atoms with E-state index in [4.69, 9.17) is 0 Å². The maximum absolute atomic E-state index is 11.6. The Hall–Kier alpha value is -2.24. The van der Waals surface area contributed by atoms with Gasteiger partial charge in [-0.2, -0.15) is 4.98 Å². The highest BCUT2D eigenvalue weighted by atomic mass is 16.1. The van der Waals surface area contributed by atoms with Crippen molar-refractivity contribution in [3.8, 4) is 11.4 Å². The summed E-state index contributed by atoms with van der Waals surface area (Å²) < 4.78 is 0. The Balaban J connectivity index is 2.20. The van der Waals surface area contributed by atoms with Crippen molar-refractivity contribution < 1.29 is 0 Å². The summed E-state index contributed by atoms with van der Waals surface area (Å²) >= 11 is 0. The van der Waals surface area contributed by atoms with Crippen LogP contribution in [0, 0.1) is 0 Å². The third kappa shape index (κ3) is 1.97. The van der Waals surface area contributed by atoms with E-state index in [0.29, 0.717) is 11.5 Å². The molecule has 0 spiro atoms. The molecule has 6 nitrogen and oxygen atoms in total. The molecular weight excluding hydrogens is 230 g/mol. The maximum atomic E-state index is 11.6. The minimum Gasteiger partial charge on any atom is -0.370 e. The normalized spacial score (nSPS) is 14.4. The van der Waals surface area contributed by atoms with Crippen LogP contribution in [-0.4, -0.2) is 26.5 Å². The molecule has 0 atom stereocenters. The van der Waals surface area contributed by atoms with Gasteiger partial charge in [0.25, 0.3) is 0 Å². The molecule has 0 aliphatic carbocycles. The van der Waals surface area contributed by atoms with Gasteiger partial charge in [-0.15, -0.1) is 0 Å². The van der Waals surface area contributed by atoms with Crippen molar-refractivity contribution in [2.24, 2.45) is 0 Å². The van der Waals surface area contributed by atoms with Gasteiger partial charge in [-0.1, -0.05) is 0 Å². The van der Waals surface area contributed by atoms with Crippen molar-refractivity contribution in [3.05, 3.63) is 34.6 Å². The smallest absolute Gasteiger partial charge is 0.347 e. The second kappa shape index (κ2) is 4.56. The van der Waals surface area contributed by atoms with E-state index in [9.17, 15) is 4.79 Å². The molecule has 3 heterocycles. The number of aromatic nitrogens is 4. The Labute approximate surface area is 104 Å². The maximum Gasteiger partial charge on any atom is 0.347 e. The largest absolute Gasteiger partial charge is 0.370 e. The lowest BCUT2D eigenvalue weighted by molar-refractivity contribution is 0.784. The Morgan fingerprint density at radius 3 is 3.00 bits per heavy atom. The molecule has 0 saturated heterocycles. The van der Waals surface area contributed by atoms with Crippen LogP contribution in [0.5, 0.6) is 0 Å². The molecule has 1 aliphatic rings. The molecule has 6 heteroatoms. The van der Waals surface area contributed by atoms with E-state index in [0.717, 1.165) is 37.1 Å². The second-order valence-electron chi connectivity index (χ2n) is 4.22. The number of aromatic amines is 1. The third-order valence-electron chi connectivity index (χ3n) is 3.00. The van der Waals surface area contributed by atoms with E-state index >= 15 is 0 Å². The van der Waals surface area contributed by atoms with Gasteiger partial charge in [0.1, 0.15) is 11.5 Å². The number of rotatable bonds is 1. The lowest BCUT2D eigenvalue weighted by Gasteiger charge is -2.10. The van der Waals surface area contributed by atoms with E-state index in [1.165, 1.54) is 0 Å². The molecule has 3 rings (SSSR count). The monoisotopic (exact) mass is 243 g/mol. The summed E-state index contributed by atoms with van der Waals surface area (Å²) in [6.07, 6.45) is 7.91. The standard InChI is InChI=1S/C12H13N5O/c18-12-16-10(9-7-13-5-6-14-9)8-3-1-2-4-15-11(8)17-12/h5-7H,1-4H2,(H2,15,16,17,18). The van der Waals surface area contributed by atoms with E-state index < -0.39 is 0 Å². The summed E-state index contributed by atoms with van der Waals surface area (Å²) in [5.74, 6) is 0.678. The molecule has 2 N–H and O–H groups in total. The highest BCUT2D eigenvalue weighted by Crippen LogP contribution is 2.26. The van der Waals surface area contributed by atoms with Gasteiger partial charge in [0.2, 0.25) is 0 Å². The third-order valence-corrected chi connectivity index (χ3v) is 3.00. The van der Waals surface area contributed by atoms with Crippen LogP contribution in [0.1, 0.15) is 18.4 Å². The quantitative estimate of drug-likeness (QED) is 0.779. The number of hydrogen-bond donors (Lipinski definition) is 2. The minimum atomic E-state index is -0.358. The van der Waals surface area contributed by atoms with Crippen molar-refractivity contribution in [3.63, 3.8) is 0 Å². The zero-order valence-corrected chi connectivity index (χ0v) is 9.81. The topological polar surface area (TPSA) is 83.6 Å². The fraction of sp³-hybridized carbons (Fsp3) is 0.333. The molecular formula is C12H13N5O. The zero-order chi connectivity index (χ0) is 12.4. The van der Waals surface area contributed by atoms with Crippen LogP contribution < -0.4 is 11.0 Å². The molecule has 0 fully saturated rings. The van der Waals surface area contributed by atoms with Crippen LogP contribution in [0.25, 0.3) is 11.4 Å². The Kier molecular flexibility index (Phi) is 2.76. The number of nitrogens with zero attached hydrogens (tertiary/aromatic N) is 3. The molecule has 18 heavy (non-hydrogen) atoms. The first-order valence-electron chi connectivity index (χ1n) is 5.98. The Bertz CT molecular complexity index is 608. The minimum absolute atomic E-state index is 0.358. The average Bonchev–Trinajstić information content (AvgIpc) is 2.64. The zero-order valence-electron chi connectivity index (χ0n) is 9.81. The summed E-state index contributed by atoms with van der Waals surface area (Å²) in [5.41, 5.74) is 2.07. The van der Waals surface area contributed by atoms with Crippen LogP contribution in [0.4, 0.5) is 5.82 Å². The fourth-order valence-electron chi connectivity index (χ4n) is 2.17.